The fraction of sp³-hybridized carbons (Fsp3) is 0.440. The van der Waals surface area contributed by atoms with Gasteiger partial charge in [0.05, 0.1) is 6.61 Å². The lowest BCUT2D eigenvalue weighted by molar-refractivity contribution is -0.132. The van der Waals surface area contributed by atoms with Crippen molar-refractivity contribution in [1.82, 2.24) is 10.4 Å². The predicted octanol–water partition coefficient (Wildman–Crippen LogP) is 3.49. The van der Waals surface area contributed by atoms with Gasteiger partial charge in [0.2, 0.25) is 5.90 Å². The molecular formula is C25H30BrN3O4. The van der Waals surface area contributed by atoms with Crippen LogP contribution in [-0.4, -0.2) is 60.4 Å². The molecule has 1 fully saturated rings. The van der Waals surface area contributed by atoms with Gasteiger partial charge in [-0.2, -0.15) is 0 Å². The lowest BCUT2D eigenvalue weighted by Gasteiger charge is -2.31. The summed E-state index contributed by atoms with van der Waals surface area (Å²) in [6.45, 7) is 2.44. The molecular weight excluding hydrogens is 486 g/mol. The van der Waals surface area contributed by atoms with E-state index in [0.717, 1.165) is 41.5 Å². The Hall–Kier alpha value is -2.42. The van der Waals surface area contributed by atoms with Crippen LogP contribution in [-0.2, 0) is 16.0 Å². The molecule has 1 amide bonds. The normalized spacial score (nSPS) is 20.7. The van der Waals surface area contributed by atoms with E-state index in [0.29, 0.717) is 31.1 Å². The van der Waals surface area contributed by atoms with E-state index in [4.69, 9.17) is 19.6 Å². The number of carbonyl (C=O) groups excluding carboxylic acids is 1. The summed E-state index contributed by atoms with van der Waals surface area (Å²) in [6.07, 6.45) is 4.37. The molecule has 0 aliphatic carbocycles. The van der Waals surface area contributed by atoms with Crippen LogP contribution >= 0.6 is 15.9 Å². The van der Waals surface area contributed by atoms with Gasteiger partial charge in [0.25, 0.3) is 5.91 Å². The number of hydrogen-bond donors (Lipinski definition) is 2. The highest BCUT2D eigenvalue weighted by Crippen LogP contribution is 2.30. The molecule has 1 atom stereocenters. The minimum atomic E-state index is -1.05. The van der Waals surface area contributed by atoms with Gasteiger partial charge in [0, 0.05) is 42.6 Å². The Balaban J connectivity index is 1.56. The Labute approximate surface area is 202 Å². The molecule has 2 aliphatic rings. The summed E-state index contributed by atoms with van der Waals surface area (Å²) in [5.74, 6) is 1.03. The van der Waals surface area contributed by atoms with Crippen LogP contribution in [0, 0.1) is 0 Å². The van der Waals surface area contributed by atoms with Gasteiger partial charge in [-0.15, -0.1) is 0 Å². The van der Waals surface area contributed by atoms with Crippen LogP contribution in [0.1, 0.15) is 36.8 Å². The van der Waals surface area contributed by atoms with Gasteiger partial charge >= 0.3 is 0 Å². The molecule has 0 radical (unpaired) electrons. The summed E-state index contributed by atoms with van der Waals surface area (Å²) < 4.78 is 12.5. The number of nitrogens with one attached hydrogen (secondary N) is 1. The molecule has 2 heterocycles. The van der Waals surface area contributed by atoms with E-state index in [1.54, 1.807) is 0 Å². The Morgan fingerprint density at radius 2 is 1.91 bits per heavy atom. The summed E-state index contributed by atoms with van der Waals surface area (Å²) in [5, 5.41) is 10.9. The third-order valence-electron chi connectivity index (χ3n) is 5.91. The van der Waals surface area contributed by atoms with Crippen molar-refractivity contribution in [3.63, 3.8) is 0 Å². The van der Waals surface area contributed by atoms with Crippen molar-refractivity contribution in [2.45, 2.75) is 37.6 Å². The second kappa shape index (κ2) is 11.1. The molecule has 176 valence electrons. The fourth-order valence-electron chi connectivity index (χ4n) is 4.04. The van der Waals surface area contributed by atoms with Gasteiger partial charge in [-0.25, -0.2) is 10.0 Å². The van der Waals surface area contributed by atoms with Crippen molar-refractivity contribution in [2.24, 2.45) is 4.99 Å². The van der Waals surface area contributed by atoms with Crippen molar-refractivity contribution < 1.29 is 19.4 Å². The first-order chi connectivity index (χ1) is 16.1. The molecule has 0 aromatic heterocycles. The number of hydrogen-bond acceptors (Lipinski definition) is 6. The monoisotopic (exact) mass is 515 g/mol. The van der Waals surface area contributed by atoms with Gasteiger partial charge < -0.3 is 14.6 Å². The molecule has 2 aromatic rings. The summed E-state index contributed by atoms with van der Waals surface area (Å²) in [6, 6.07) is 15.4. The van der Waals surface area contributed by atoms with Gasteiger partial charge in [0.15, 0.2) is 5.54 Å². The molecule has 0 bridgehead atoms. The Morgan fingerprint density at radius 1 is 1.15 bits per heavy atom. The van der Waals surface area contributed by atoms with Crippen LogP contribution in [0.2, 0.25) is 0 Å². The third-order valence-corrected chi connectivity index (χ3v) is 6.69. The summed E-state index contributed by atoms with van der Waals surface area (Å²) in [4.78, 5) is 18.4. The molecule has 33 heavy (non-hydrogen) atoms. The first kappa shape index (κ1) is 23.7. The molecule has 8 heteroatoms. The Bertz CT molecular complexity index is 976. The van der Waals surface area contributed by atoms with E-state index < -0.39 is 5.54 Å². The Kier molecular flexibility index (Phi) is 8.01. The highest BCUT2D eigenvalue weighted by Gasteiger charge is 2.45. The van der Waals surface area contributed by atoms with Gasteiger partial charge in [-0.05, 0) is 48.7 Å². The molecule has 2 aliphatic heterocycles. The van der Waals surface area contributed by atoms with Crippen LogP contribution < -0.4 is 10.2 Å². The van der Waals surface area contributed by atoms with Crippen molar-refractivity contribution in [1.29, 1.82) is 0 Å². The number of amides is 1. The molecule has 0 saturated carbocycles. The standard InChI is InChI=1S/C25H30BrN3O4/c26-22-8-3-2-7-20(22)17-25(24(31)28-29-13-4-1-5-14-29)18-33-23(27-25)19-9-11-21(12-10-19)32-16-6-15-30/h2-3,7-12,30H,1,4-6,13-18H2,(H,28,31)/t25-/m0/s1. The van der Waals surface area contributed by atoms with Gasteiger partial charge in [-0.1, -0.05) is 40.5 Å². The van der Waals surface area contributed by atoms with Crippen LogP contribution in [0.4, 0.5) is 0 Å². The zero-order valence-electron chi connectivity index (χ0n) is 18.6. The zero-order valence-corrected chi connectivity index (χ0v) is 20.2. The minimum Gasteiger partial charge on any atom is -0.494 e. The quantitative estimate of drug-likeness (QED) is 0.499. The van der Waals surface area contributed by atoms with Crippen LogP contribution in [0.25, 0.3) is 0 Å². The average Bonchev–Trinajstić information content (AvgIpc) is 3.27. The highest BCUT2D eigenvalue weighted by atomic mass is 79.9. The maximum absolute atomic E-state index is 13.5. The number of nitrogens with zero attached hydrogens (tertiary/aromatic N) is 2. The number of aliphatic hydroxyl groups is 1. The van der Waals surface area contributed by atoms with Crippen molar-refractivity contribution in [3.8, 4) is 5.75 Å². The smallest absolute Gasteiger partial charge is 0.266 e. The highest BCUT2D eigenvalue weighted by molar-refractivity contribution is 9.10. The molecule has 4 rings (SSSR count). The maximum Gasteiger partial charge on any atom is 0.266 e. The number of benzene rings is 2. The summed E-state index contributed by atoms with van der Waals surface area (Å²) in [5.41, 5.74) is 3.86. The maximum atomic E-state index is 13.5. The van der Waals surface area contributed by atoms with Crippen molar-refractivity contribution in [2.75, 3.05) is 32.9 Å². The number of piperidine rings is 1. The molecule has 0 unspecified atom stereocenters. The summed E-state index contributed by atoms with van der Waals surface area (Å²) >= 11 is 3.61. The minimum absolute atomic E-state index is 0.0990. The Morgan fingerprint density at radius 3 is 2.64 bits per heavy atom. The van der Waals surface area contributed by atoms with Crippen LogP contribution in [0.3, 0.4) is 0 Å². The zero-order chi connectivity index (χ0) is 23.1. The van der Waals surface area contributed by atoms with E-state index in [1.807, 2.05) is 53.5 Å². The second-order valence-corrected chi connectivity index (χ2v) is 9.30. The van der Waals surface area contributed by atoms with Gasteiger partial charge in [0.1, 0.15) is 12.4 Å². The number of hydrazine groups is 1. The predicted molar refractivity (Wildman–Crippen MR) is 130 cm³/mol. The average molecular weight is 516 g/mol. The SMILES string of the molecule is O=C(NN1CCCCC1)[C@]1(Cc2ccccc2Br)COC(c2ccc(OCCCO)cc2)=N1. The molecule has 2 aromatic carbocycles. The van der Waals surface area contributed by atoms with E-state index >= 15 is 0 Å². The number of ether oxygens (including phenoxy) is 2. The molecule has 1 saturated heterocycles. The topological polar surface area (TPSA) is 83.4 Å². The molecule has 0 spiro atoms. The number of aliphatic imine (C=N–C) groups is 1. The van der Waals surface area contributed by atoms with E-state index in [1.165, 1.54) is 6.42 Å². The van der Waals surface area contributed by atoms with E-state index in [-0.39, 0.29) is 19.1 Å². The number of rotatable bonds is 9. The lowest BCUT2D eigenvalue weighted by atomic mass is 9.91. The van der Waals surface area contributed by atoms with Crippen LogP contribution in [0.5, 0.6) is 5.75 Å². The van der Waals surface area contributed by atoms with Crippen molar-refractivity contribution >= 4 is 27.7 Å². The third kappa shape index (κ3) is 5.93. The first-order valence-corrected chi connectivity index (χ1v) is 12.3. The van der Waals surface area contributed by atoms with Crippen molar-refractivity contribution in [3.05, 3.63) is 64.1 Å². The molecule has 7 nitrogen and oxygen atoms in total. The van der Waals surface area contributed by atoms with Gasteiger partial charge in [-0.3, -0.25) is 10.2 Å². The van der Waals surface area contributed by atoms with E-state index in [2.05, 4.69) is 21.4 Å². The number of carbonyl (C=O) groups is 1. The lowest BCUT2D eigenvalue weighted by Crippen LogP contribution is -2.55. The largest absolute Gasteiger partial charge is 0.494 e. The molecule has 2 N–H and O–H groups in total. The van der Waals surface area contributed by atoms with Crippen LogP contribution in [0.15, 0.2) is 58.0 Å². The summed E-state index contributed by atoms with van der Waals surface area (Å²) in [7, 11) is 0. The first-order valence-electron chi connectivity index (χ1n) is 11.5. The van der Waals surface area contributed by atoms with E-state index in [9.17, 15) is 4.79 Å². The second-order valence-electron chi connectivity index (χ2n) is 8.44. The number of aliphatic hydroxyl groups excluding tert-OH is 1. The number of halogens is 1. The fourth-order valence-corrected chi connectivity index (χ4v) is 4.47.